The fourth-order valence-corrected chi connectivity index (χ4v) is 4.70. The highest BCUT2D eigenvalue weighted by molar-refractivity contribution is 9.10. The smallest absolute Gasteiger partial charge is 0.339 e. The maximum absolute atomic E-state index is 12.1. The zero-order valence-corrected chi connectivity index (χ0v) is 21.6. The average Bonchev–Trinajstić information content (AvgIpc) is 2.80. The molecule has 0 N–H and O–H groups in total. The molecule has 0 aliphatic heterocycles. The molecule has 0 unspecified atom stereocenters. The molecular weight excluding hydrogens is 527 g/mol. The number of hydrogen-bond donors (Lipinski definition) is 0. The van der Waals surface area contributed by atoms with Gasteiger partial charge < -0.3 is 14.2 Å². The summed E-state index contributed by atoms with van der Waals surface area (Å²) in [6, 6.07) is 12.8. The van der Waals surface area contributed by atoms with Gasteiger partial charge in [0.05, 0.1) is 23.3 Å². The van der Waals surface area contributed by atoms with Crippen molar-refractivity contribution >= 4 is 45.1 Å². The van der Waals surface area contributed by atoms with Gasteiger partial charge in [-0.15, -0.1) is 0 Å². The van der Waals surface area contributed by atoms with Crippen molar-refractivity contribution in [2.24, 2.45) is 5.92 Å². The van der Waals surface area contributed by atoms with Crippen LogP contribution in [0.2, 0.25) is 10.0 Å². The fraction of sp³-hybridized carbons (Fsp3) is 0.423. The molecule has 1 aliphatic rings. The van der Waals surface area contributed by atoms with Crippen molar-refractivity contribution in [1.82, 2.24) is 0 Å². The largest absolute Gasteiger partial charge is 0.458 e. The summed E-state index contributed by atoms with van der Waals surface area (Å²) in [5.74, 6) is 0.0697. The summed E-state index contributed by atoms with van der Waals surface area (Å²) in [4.78, 5) is 12.1. The van der Waals surface area contributed by atoms with Crippen molar-refractivity contribution < 1.29 is 19.0 Å². The molecular formula is C26H29BrCl2O4. The predicted octanol–water partition coefficient (Wildman–Crippen LogP) is 8.00. The SMILES string of the molecule is O=C(OC/C=C/CC[C@H]1CCCC[C@@H]1OCOCc1ccc(Br)cc1)c1ccc(Cl)cc1Cl. The Kier molecular flexibility index (Phi) is 11.2. The third-order valence-corrected chi connectivity index (χ3v) is 6.80. The maximum atomic E-state index is 12.1. The van der Waals surface area contributed by atoms with Crippen molar-refractivity contribution in [3.05, 3.63) is 80.3 Å². The number of halogens is 3. The Bertz CT molecular complexity index is 917. The van der Waals surface area contributed by atoms with E-state index < -0.39 is 5.97 Å². The summed E-state index contributed by atoms with van der Waals surface area (Å²) < 4.78 is 18.1. The van der Waals surface area contributed by atoms with Gasteiger partial charge in [-0.1, -0.05) is 76.3 Å². The van der Waals surface area contributed by atoms with E-state index in [1.807, 2.05) is 30.3 Å². The lowest BCUT2D eigenvalue weighted by atomic mass is 9.83. The minimum Gasteiger partial charge on any atom is -0.458 e. The number of ether oxygens (including phenoxy) is 3. The van der Waals surface area contributed by atoms with E-state index in [-0.39, 0.29) is 12.7 Å². The van der Waals surface area contributed by atoms with Gasteiger partial charge in [-0.25, -0.2) is 4.79 Å². The third kappa shape index (κ3) is 9.06. The molecule has 33 heavy (non-hydrogen) atoms. The molecule has 1 fully saturated rings. The molecule has 2 aromatic rings. The zero-order valence-electron chi connectivity index (χ0n) is 18.5. The van der Waals surface area contributed by atoms with Gasteiger partial charge in [0.25, 0.3) is 0 Å². The highest BCUT2D eigenvalue weighted by atomic mass is 79.9. The van der Waals surface area contributed by atoms with Crippen LogP contribution in [0.15, 0.2) is 59.1 Å². The van der Waals surface area contributed by atoms with Crippen LogP contribution in [0.1, 0.15) is 54.4 Å². The summed E-state index contributed by atoms with van der Waals surface area (Å²) in [6.45, 7) is 1.08. The second-order valence-corrected chi connectivity index (χ2v) is 9.87. The Labute approximate surface area is 214 Å². The minimum absolute atomic E-state index is 0.215. The van der Waals surface area contributed by atoms with E-state index in [9.17, 15) is 4.79 Å². The summed E-state index contributed by atoms with van der Waals surface area (Å²) >= 11 is 15.3. The van der Waals surface area contributed by atoms with Crippen molar-refractivity contribution in [1.29, 1.82) is 0 Å². The van der Waals surface area contributed by atoms with E-state index in [2.05, 4.69) is 22.0 Å². The first-order chi connectivity index (χ1) is 16.0. The Balaban J connectivity index is 1.33. The van der Waals surface area contributed by atoms with E-state index in [1.54, 1.807) is 12.1 Å². The lowest BCUT2D eigenvalue weighted by molar-refractivity contribution is -0.122. The number of carbonyl (C=O) groups excluding carboxylic acids is 1. The second-order valence-electron chi connectivity index (χ2n) is 8.11. The lowest BCUT2D eigenvalue weighted by Crippen LogP contribution is -2.28. The van der Waals surface area contributed by atoms with Crippen LogP contribution >= 0.6 is 39.1 Å². The van der Waals surface area contributed by atoms with Gasteiger partial charge in [0, 0.05) is 9.50 Å². The predicted molar refractivity (Wildman–Crippen MR) is 136 cm³/mol. The van der Waals surface area contributed by atoms with E-state index >= 15 is 0 Å². The lowest BCUT2D eigenvalue weighted by Gasteiger charge is -2.31. The van der Waals surface area contributed by atoms with Gasteiger partial charge in [0.2, 0.25) is 0 Å². The summed E-state index contributed by atoms with van der Waals surface area (Å²) in [6.07, 6.45) is 10.8. The molecule has 0 amide bonds. The van der Waals surface area contributed by atoms with Crippen LogP contribution in [-0.4, -0.2) is 25.5 Å². The third-order valence-electron chi connectivity index (χ3n) is 5.72. The summed E-state index contributed by atoms with van der Waals surface area (Å²) in [5.41, 5.74) is 1.45. The first-order valence-electron chi connectivity index (χ1n) is 11.2. The van der Waals surface area contributed by atoms with Crippen LogP contribution in [0.25, 0.3) is 0 Å². The van der Waals surface area contributed by atoms with Gasteiger partial charge in [0.1, 0.15) is 13.4 Å². The van der Waals surface area contributed by atoms with Crippen LogP contribution in [0, 0.1) is 5.92 Å². The maximum Gasteiger partial charge on any atom is 0.339 e. The summed E-state index contributed by atoms with van der Waals surface area (Å²) in [7, 11) is 0. The van der Waals surface area contributed by atoms with Gasteiger partial charge in [-0.2, -0.15) is 0 Å². The first-order valence-corrected chi connectivity index (χ1v) is 12.8. The van der Waals surface area contributed by atoms with Gasteiger partial charge in [-0.05, 0) is 67.5 Å². The molecule has 7 heteroatoms. The minimum atomic E-state index is -0.454. The molecule has 4 nitrogen and oxygen atoms in total. The first kappa shape index (κ1) is 26.2. The molecule has 0 saturated heterocycles. The molecule has 1 aliphatic carbocycles. The Morgan fingerprint density at radius 1 is 1.06 bits per heavy atom. The second kappa shape index (κ2) is 14.1. The van der Waals surface area contributed by atoms with E-state index in [4.69, 9.17) is 37.4 Å². The Hall–Kier alpha value is -1.37. The molecule has 0 radical (unpaired) electrons. The molecule has 178 valence electrons. The van der Waals surface area contributed by atoms with Crippen LogP contribution in [0.4, 0.5) is 0 Å². The Morgan fingerprint density at radius 2 is 1.85 bits per heavy atom. The van der Waals surface area contributed by atoms with Crippen LogP contribution < -0.4 is 0 Å². The monoisotopic (exact) mass is 554 g/mol. The Morgan fingerprint density at radius 3 is 2.64 bits per heavy atom. The number of hydrogen-bond acceptors (Lipinski definition) is 4. The number of benzene rings is 2. The fourth-order valence-electron chi connectivity index (χ4n) is 3.95. The highest BCUT2D eigenvalue weighted by Crippen LogP contribution is 2.30. The van der Waals surface area contributed by atoms with Crippen molar-refractivity contribution in [3.63, 3.8) is 0 Å². The molecule has 0 spiro atoms. The van der Waals surface area contributed by atoms with Crippen molar-refractivity contribution in [2.75, 3.05) is 13.4 Å². The van der Waals surface area contributed by atoms with Gasteiger partial charge in [-0.3, -0.25) is 0 Å². The number of carbonyl (C=O) groups is 1. The van der Waals surface area contributed by atoms with Crippen LogP contribution in [0.5, 0.6) is 0 Å². The summed E-state index contributed by atoms with van der Waals surface area (Å²) in [5, 5.41) is 0.776. The van der Waals surface area contributed by atoms with Gasteiger partial charge in [0.15, 0.2) is 0 Å². The number of esters is 1. The highest BCUT2D eigenvalue weighted by Gasteiger charge is 2.25. The van der Waals surface area contributed by atoms with Crippen molar-refractivity contribution in [3.8, 4) is 0 Å². The van der Waals surface area contributed by atoms with E-state index in [0.717, 1.165) is 29.3 Å². The molecule has 0 bridgehead atoms. The molecule has 0 heterocycles. The zero-order chi connectivity index (χ0) is 23.5. The quantitative estimate of drug-likeness (QED) is 0.122. The molecule has 3 rings (SSSR count). The average molecular weight is 556 g/mol. The molecule has 2 aromatic carbocycles. The van der Waals surface area contributed by atoms with Crippen LogP contribution in [-0.2, 0) is 20.8 Å². The van der Waals surface area contributed by atoms with Crippen molar-refractivity contribution in [2.45, 2.75) is 51.2 Å². The van der Waals surface area contributed by atoms with Crippen LogP contribution in [0.3, 0.4) is 0 Å². The standard InChI is InChI=1S/C26H29BrCl2O4/c27-21-11-9-19(10-12-21)17-31-18-33-25-8-4-3-7-20(25)6-2-1-5-15-32-26(30)23-14-13-22(28)16-24(23)29/h1,5,9-14,16,20,25H,2-4,6-8,15,17-18H2/b5-1+/t20-,25-/m0/s1. The van der Waals surface area contributed by atoms with E-state index in [0.29, 0.717) is 34.9 Å². The van der Waals surface area contributed by atoms with Gasteiger partial charge >= 0.3 is 5.97 Å². The normalized spacial score (nSPS) is 18.5. The topological polar surface area (TPSA) is 44.8 Å². The molecule has 2 atom stereocenters. The van der Waals surface area contributed by atoms with E-state index in [1.165, 1.54) is 25.3 Å². The molecule has 1 saturated carbocycles. The number of allylic oxidation sites excluding steroid dienone is 1. The number of rotatable bonds is 11. The molecule has 0 aromatic heterocycles.